The van der Waals surface area contributed by atoms with E-state index in [1.165, 1.54) is 31.4 Å². The number of carbonyl (C=O) groups excluding carboxylic acids is 2. The van der Waals surface area contributed by atoms with Crippen LogP contribution in [0.25, 0.3) is 0 Å². The van der Waals surface area contributed by atoms with Gasteiger partial charge in [-0.1, -0.05) is 18.2 Å². The van der Waals surface area contributed by atoms with Gasteiger partial charge in [-0.05, 0) is 67.4 Å². The number of rotatable bonds is 7. The van der Waals surface area contributed by atoms with Crippen LogP contribution in [0.2, 0.25) is 0 Å². The van der Waals surface area contributed by atoms with Gasteiger partial charge < -0.3 is 25.4 Å². The number of para-hydroxylation sites is 1. The van der Waals surface area contributed by atoms with Crippen LogP contribution >= 0.6 is 0 Å². The zero-order chi connectivity index (χ0) is 27.7. The van der Waals surface area contributed by atoms with Gasteiger partial charge in [0.15, 0.2) is 23.0 Å². The Morgan fingerprint density at radius 1 is 0.925 bits per heavy atom. The SMILES string of the molecule is COc1cnc2c(c1Oc1ccc(NC(=O)C3(C(=O)Nc4ccc(F)cc4)CC3)cc1)N=Cc1ccccc1N2. The molecule has 2 aliphatic rings. The average Bonchev–Trinajstić information content (AvgIpc) is 3.80. The fourth-order valence-corrected chi connectivity index (χ4v) is 4.35. The van der Waals surface area contributed by atoms with Crippen molar-refractivity contribution in [3.63, 3.8) is 0 Å². The highest BCUT2D eigenvalue weighted by atomic mass is 19.1. The predicted molar refractivity (Wildman–Crippen MR) is 150 cm³/mol. The summed E-state index contributed by atoms with van der Waals surface area (Å²) in [4.78, 5) is 34.9. The number of fused-ring (bicyclic) bond motifs is 2. The summed E-state index contributed by atoms with van der Waals surface area (Å²) in [5.41, 5.74) is 2.04. The second kappa shape index (κ2) is 10.1. The summed E-state index contributed by atoms with van der Waals surface area (Å²) in [6.07, 6.45) is 4.16. The zero-order valence-electron chi connectivity index (χ0n) is 21.4. The van der Waals surface area contributed by atoms with Crippen molar-refractivity contribution in [1.29, 1.82) is 0 Å². The zero-order valence-corrected chi connectivity index (χ0v) is 21.4. The molecule has 1 saturated carbocycles. The average molecular weight is 538 g/mol. The van der Waals surface area contributed by atoms with Crippen LogP contribution in [0.1, 0.15) is 18.4 Å². The van der Waals surface area contributed by atoms with E-state index in [1.807, 2.05) is 24.3 Å². The van der Waals surface area contributed by atoms with Crippen molar-refractivity contribution in [1.82, 2.24) is 4.98 Å². The number of ether oxygens (including phenoxy) is 2. The summed E-state index contributed by atoms with van der Waals surface area (Å²) in [7, 11) is 1.53. The van der Waals surface area contributed by atoms with Gasteiger partial charge in [0.05, 0.1) is 13.3 Å². The molecule has 0 bridgehead atoms. The van der Waals surface area contributed by atoms with E-state index < -0.39 is 23.0 Å². The number of pyridine rings is 1. The lowest BCUT2D eigenvalue weighted by atomic mass is 10.0. The van der Waals surface area contributed by atoms with E-state index in [1.54, 1.807) is 36.7 Å². The first-order chi connectivity index (χ1) is 19.4. The summed E-state index contributed by atoms with van der Waals surface area (Å²) in [6, 6.07) is 19.9. The maximum atomic E-state index is 13.2. The summed E-state index contributed by atoms with van der Waals surface area (Å²) in [5, 5.41) is 8.81. The fraction of sp³-hybridized carbons (Fsp3) is 0.133. The molecule has 2 heterocycles. The number of aliphatic imine (C=N–C) groups is 1. The van der Waals surface area contributed by atoms with E-state index >= 15 is 0 Å². The molecule has 1 fully saturated rings. The second-order valence-electron chi connectivity index (χ2n) is 9.45. The monoisotopic (exact) mass is 537 g/mol. The topological polar surface area (TPSA) is 114 Å². The van der Waals surface area contributed by atoms with Crippen molar-refractivity contribution in [3.8, 4) is 17.2 Å². The molecule has 0 spiro atoms. The third-order valence-corrected chi connectivity index (χ3v) is 6.79. The molecule has 6 rings (SSSR count). The first-order valence-electron chi connectivity index (χ1n) is 12.6. The van der Waals surface area contributed by atoms with Crippen LogP contribution in [-0.2, 0) is 9.59 Å². The first kappa shape index (κ1) is 25.1. The molecule has 10 heteroatoms. The minimum absolute atomic E-state index is 0.384. The number of carbonyl (C=O) groups is 2. The quantitative estimate of drug-likeness (QED) is 0.214. The van der Waals surface area contributed by atoms with Crippen LogP contribution in [0.3, 0.4) is 0 Å². The van der Waals surface area contributed by atoms with Gasteiger partial charge in [0, 0.05) is 28.8 Å². The lowest BCUT2D eigenvalue weighted by Gasteiger charge is -2.17. The van der Waals surface area contributed by atoms with Crippen molar-refractivity contribution in [2.45, 2.75) is 12.8 Å². The molecule has 0 saturated heterocycles. The summed E-state index contributed by atoms with van der Waals surface area (Å²) < 4.78 is 24.8. The second-order valence-corrected chi connectivity index (χ2v) is 9.45. The minimum Gasteiger partial charge on any atom is -0.491 e. The van der Waals surface area contributed by atoms with Crippen LogP contribution in [0.5, 0.6) is 17.2 Å². The Bertz CT molecular complexity index is 1630. The number of nitrogens with one attached hydrogen (secondary N) is 3. The number of amides is 2. The fourth-order valence-electron chi connectivity index (χ4n) is 4.35. The maximum Gasteiger partial charge on any atom is 0.240 e. The number of nitrogens with zero attached hydrogens (tertiary/aromatic N) is 2. The van der Waals surface area contributed by atoms with Gasteiger partial charge >= 0.3 is 0 Å². The van der Waals surface area contributed by atoms with Gasteiger partial charge in [-0.2, -0.15) is 0 Å². The predicted octanol–water partition coefficient (Wildman–Crippen LogP) is 6.19. The minimum atomic E-state index is -1.16. The highest BCUT2D eigenvalue weighted by Crippen LogP contribution is 2.48. The molecule has 0 radical (unpaired) electrons. The Labute approximate surface area is 229 Å². The van der Waals surface area contributed by atoms with Crippen molar-refractivity contribution in [2.75, 3.05) is 23.1 Å². The van der Waals surface area contributed by atoms with Crippen molar-refractivity contribution >= 4 is 46.6 Å². The van der Waals surface area contributed by atoms with E-state index in [-0.39, 0.29) is 0 Å². The smallest absolute Gasteiger partial charge is 0.240 e. The largest absolute Gasteiger partial charge is 0.491 e. The molecule has 200 valence electrons. The Kier molecular flexibility index (Phi) is 6.35. The molecule has 4 aromatic rings. The van der Waals surface area contributed by atoms with Crippen molar-refractivity contribution in [3.05, 3.63) is 90.4 Å². The van der Waals surface area contributed by atoms with Crippen molar-refractivity contribution in [2.24, 2.45) is 10.4 Å². The van der Waals surface area contributed by atoms with E-state index in [9.17, 15) is 14.0 Å². The molecule has 3 N–H and O–H groups in total. The number of aromatic nitrogens is 1. The number of methoxy groups -OCH3 is 1. The van der Waals surface area contributed by atoms with Gasteiger partial charge in [0.2, 0.25) is 11.8 Å². The molecule has 0 unspecified atom stereocenters. The number of hydrogen-bond acceptors (Lipinski definition) is 7. The summed E-state index contributed by atoms with van der Waals surface area (Å²) in [6.45, 7) is 0. The number of hydrogen-bond donors (Lipinski definition) is 3. The summed E-state index contributed by atoms with van der Waals surface area (Å²) >= 11 is 0. The van der Waals surface area contributed by atoms with Crippen LogP contribution in [0, 0.1) is 11.2 Å². The third-order valence-electron chi connectivity index (χ3n) is 6.79. The first-order valence-corrected chi connectivity index (χ1v) is 12.6. The number of anilines is 4. The van der Waals surface area contributed by atoms with Gasteiger partial charge in [-0.3, -0.25) is 9.59 Å². The Hall–Kier alpha value is -5.25. The molecule has 1 aliphatic heterocycles. The standard InChI is InChI=1S/C30H24FN5O4/c1-39-24-17-33-27-25(32-16-18-4-2-3-5-23(18)36-27)26(24)40-22-12-10-21(11-13-22)35-29(38)30(14-15-30)28(37)34-20-8-6-19(31)7-9-20/h2-13,16-17H,14-15H2,1H3,(H,33,36)(H,34,37)(H,35,38). The Balaban J connectivity index is 1.17. The van der Waals surface area contributed by atoms with Crippen LogP contribution in [0.4, 0.5) is 33.0 Å². The molecule has 1 aromatic heterocycles. The molecular weight excluding hydrogens is 513 g/mol. The van der Waals surface area contributed by atoms with Crippen molar-refractivity contribution < 1.29 is 23.5 Å². The highest BCUT2D eigenvalue weighted by molar-refractivity contribution is 6.16. The molecule has 0 atom stereocenters. The van der Waals surface area contributed by atoms with Gasteiger partial charge in [-0.15, -0.1) is 0 Å². The lowest BCUT2D eigenvalue weighted by Crippen LogP contribution is -2.35. The van der Waals surface area contributed by atoms with Crippen LogP contribution in [-0.4, -0.2) is 30.1 Å². The van der Waals surface area contributed by atoms with E-state index in [0.29, 0.717) is 53.0 Å². The van der Waals surface area contributed by atoms with Crippen LogP contribution in [0.15, 0.2) is 84.0 Å². The highest BCUT2D eigenvalue weighted by Gasteiger charge is 2.56. The number of benzene rings is 3. The molecule has 2 amide bonds. The molecular formula is C30H24FN5O4. The molecule has 40 heavy (non-hydrogen) atoms. The Morgan fingerprint density at radius 3 is 2.23 bits per heavy atom. The van der Waals surface area contributed by atoms with E-state index in [0.717, 1.165) is 11.3 Å². The maximum absolute atomic E-state index is 13.2. The van der Waals surface area contributed by atoms with Gasteiger partial charge in [0.25, 0.3) is 0 Å². The van der Waals surface area contributed by atoms with Gasteiger partial charge in [-0.25, -0.2) is 14.4 Å². The lowest BCUT2D eigenvalue weighted by molar-refractivity contribution is -0.131. The third kappa shape index (κ3) is 4.82. The van der Waals surface area contributed by atoms with E-state index in [2.05, 4.69) is 25.9 Å². The molecule has 3 aromatic carbocycles. The summed E-state index contributed by atoms with van der Waals surface area (Å²) in [5.74, 6) is 0.572. The molecule has 9 nitrogen and oxygen atoms in total. The van der Waals surface area contributed by atoms with Crippen LogP contribution < -0.4 is 25.4 Å². The Morgan fingerprint density at radius 2 is 1.57 bits per heavy atom. The van der Waals surface area contributed by atoms with E-state index in [4.69, 9.17) is 9.47 Å². The normalized spacial score (nSPS) is 14.1. The molecule has 1 aliphatic carbocycles. The number of halogens is 1. The van der Waals surface area contributed by atoms with Gasteiger partial charge in [0.1, 0.15) is 17.0 Å².